The van der Waals surface area contributed by atoms with Gasteiger partial charge in [-0.15, -0.1) is 0 Å². The molecule has 2 aliphatic rings. The third-order valence-corrected chi connectivity index (χ3v) is 4.71. The van der Waals surface area contributed by atoms with Crippen LogP contribution in [0.2, 0.25) is 0 Å². The monoisotopic (exact) mass is 252 g/mol. The average Bonchev–Trinajstić information content (AvgIpc) is 2.38. The van der Waals surface area contributed by atoms with Gasteiger partial charge in [-0.25, -0.2) is 0 Å². The zero-order chi connectivity index (χ0) is 12.8. The Bertz CT molecular complexity index is 225. The molecule has 1 aliphatic heterocycles. The summed E-state index contributed by atoms with van der Waals surface area (Å²) in [5.74, 6) is 1.82. The molecule has 2 rings (SSSR count). The summed E-state index contributed by atoms with van der Waals surface area (Å²) in [6.07, 6.45) is 10.2. The van der Waals surface area contributed by atoms with Gasteiger partial charge in [0.25, 0.3) is 0 Å². The summed E-state index contributed by atoms with van der Waals surface area (Å²) in [5.41, 5.74) is 0. The smallest absolute Gasteiger partial charge is 0.0123 e. The van der Waals surface area contributed by atoms with Crippen LogP contribution in [0.4, 0.5) is 0 Å². The lowest BCUT2D eigenvalue weighted by atomic mass is 9.78. The van der Waals surface area contributed by atoms with Gasteiger partial charge in [0.1, 0.15) is 0 Å². The van der Waals surface area contributed by atoms with Crippen molar-refractivity contribution in [2.24, 2.45) is 11.8 Å². The number of piperidine rings is 1. The van der Waals surface area contributed by atoms with Crippen LogP contribution in [0, 0.1) is 11.8 Å². The van der Waals surface area contributed by atoms with Crippen molar-refractivity contribution in [2.45, 2.75) is 64.8 Å². The van der Waals surface area contributed by atoms with Gasteiger partial charge in [-0.1, -0.05) is 26.7 Å². The lowest BCUT2D eigenvalue weighted by Crippen LogP contribution is -2.47. The molecular weight excluding hydrogens is 220 g/mol. The summed E-state index contributed by atoms with van der Waals surface area (Å²) in [5, 5.41) is 3.57. The van der Waals surface area contributed by atoms with Crippen LogP contribution in [0.25, 0.3) is 0 Å². The molecule has 1 aliphatic carbocycles. The van der Waals surface area contributed by atoms with Gasteiger partial charge in [-0.3, -0.25) is 0 Å². The molecule has 2 nitrogen and oxygen atoms in total. The number of rotatable bonds is 6. The second-order valence-electron chi connectivity index (χ2n) is 6.74. The van der Waals surface area contributed by atoms with Crippen molar-refractivity contribution in [2.75, 3.05) is 26.2 Å². The van der Waals surface area contributed by atoms with E-state index in [0.717, 1.165) is 17.9 Å². The number of hydrogen-bond acceptors (Lipinski definition) is 2. The number of likely N-dealkylation sites (tertiary alicyclic amines) is 1. The summed E-state index contributed by atoms with van der Waals surface area (Å²) in [4.78, 5) is 2.81. The molecule has 1 saturated heterocycles. The highest BCUT2D eigenvalue weighted by atomic mass is 15.2. The van der Waals surface area contributed by atoms with Crippen LogP contribution >= 0.6 is 0 Å². The van der Waals surface area contributed by atoms with Crippen molar-refractivity contribution in [3.8, 4) is 0 Å². The third-order valence-electron chi connectivity index (χ3n) is 4.71. The second-order valence-corrected chi connectivity index (χ2v) is 6.74. The SMILES string of the molecule is CC(C)CNCCCN1CCCC2CCCCC21. The first kappa shape index (κ1) is 14.3. The maximum atomic E-state index is 3.57. The van der Waals surface area contributed by atoms with Gasteiger partial charge in [0.05, 0.1) is 0 Å². The minimum absolute atomic E-state index is 0.780. The van der Waals surface area contributed by atoms with Crippen molar-refractivity contribution in [3.63, 3.8) is 0 Å². The van der Waals surface area contributed by atoms with Gasteiger partial charge in [0.2, 0.25) is 0 Å². The quantitative estimate of drug-likeness (QED) is 0.730. The maximum Gasteiger partial charge on any atom is 0.0123 e. The summed E-state index contributed by atoms with van der Waals surface area (Å²) < 4.78 is 0. The van der Waals surface area contributed by atoms with E-state index in [-0.39, 0.29) is 0 Å². The number of nitrogens with zero attached hydrogens (tertiary/aromatic N) is 1. The van der Waals surface area contributed by atoms with E-state index in [1.54, 1.807) is 0 Å². The fourth-order valence-electron chi connectivity index (χ4n) is 3.80. The van der Waals surface area contributed by atoms with E-state index in [9.17, 15) is 0 Å². The lowest BCUT2D eigenvalue weighted by Gasteiger charge is -2.44. The van der Waals surface area contributed by atoms with E-state index in [1.807, 2.05) is 0 Å². The second kappa shape index (κ2) is 7.49. The van der Waals surface area contributed by atoms with Gasteiger partial charge in [0, 0.05) is 6.04 Å². The molecule has 0 amide bonds. The molecule has 1 heterocycles. The van der Waals surface area contributed by atoms with E-state index in [4.69, 9.17) is 0 Å². The van der Waals surface area contributed by atoms with Gasteiger partial charge >= 0.3 is 0 Å². The van der Waals surface area contributed by atoms with Crippen LogP contribution in [0.3, 0.4) is 0 Å². The fourth-order valence-corrected chi connectivity index (χ4v) is 3.80. The highest BCUT2D eigenvalue weighted by Gasteiger charge is 2.32. The molecule has 0 aromatic heterocycles. The molecule has 2 atom stereocenters. The van der Waals surface area contributed by atoms with Gasteiger partial charge in [-0.05, 0) is 70.1 Å². The summed E-state index contributed by atoms with van der Waals surface area (Å²) >= 11 is 0. The van der Waals surface area contributed by atoms with Crippen LogP contribution in [-0.2, 0) is 0 Å². The average molecular weight is 252 g/mol. The highest BCUT2D eigenvalue weighted by molar-refractivity contribution is 4.87. The largest absolute Gasteiger partial charge is 0.316 e. The van der Waals surface area contributed by atoms with Crippen molar-refractivity contribution in [3.05, 3.63) is 0 Å². The van der Waals surface area contributed by atoms with E-state index < -0.39 is 0 Å². The predicted octanol–water partition coefficient (Wildman–Crippen LogP) is 3.28. The number of fused-ring (bicyclic) bond motifs is 1. The first-order valence-electron chi connectivity index (χ1n) is 8.22. The molecule has 2 fully saturated rings. The van der Waals surface area contributed by atoms with Crippen LogP contribution < -0.4 is 5.32 Å². The highest BCUT2D eigenvalue weighted by Crippen LogP contribution is 2.35. The van der Waals surface area contributed by atoms with E-state index in [2.05, 4.69) is 24.1 Å². The standard InChI is InChI=1S/C16H32N2/c1-14(2)13-17-10-6-12-18-11-5-8-15-7-3-4-9-16(15)18/h14-17H,3-13H2,1-2H3. The number of nitrogens with one attached hydrogen (secondary N) is 1. The molecule has 0 radical (unpaired) electrons. The van der Waals surface area contributed by atoms with Crippen molar-refractivity contribution < 1.29 is 0 Å². The van der Waals surface area contributed by atoms with Gasteiger partial charge in [-0.2, -0.15) is 0 Å². The molecule has 0 aromatic rings. The third kappa shape index (κ3) is 4.24. The minimum atomic E-state index is 0.780. The molecule has 106 valence electrons. The Kier molecular flexibility index (Phi) is 5.97. The Hall–Kier alpha value is -0.0800. The van der Waals surface area contributed by atoms with Gasteiger partial charge < -0.3 is 10.2 Å². The minimum Gasteiger partial charge on any atom is -0.316 e. The lowest BCUT2D eigenvalue weighted by molar-refractivity contribution is 0.0601. The molecule has 1 saturated carbocycles. The van der Waals surface area contributed by atoms with Crippen molar-refractivity contribution in [1.29, 1.82) is 0 Å². The first-order chi connectivity index (χ1) is 8.77. The maximum absolute atomic E-state index is 3.57. The Labute approximate surface area is 114 Å². The van der Waals surface area contributed by atoms with Gasteiger partial charge in [0.15, 0.2) is 0 Å². The van der Waals surface area contributed by atoms with E-state index >= 15 is 0 Å². The summed E-state index contributed by atoms with van der Waals surface area (Å²) in [6.45, 7) is 9.63. The Balaban J connectivity index is 1.65. The number of hydrogen-bond donors (Lipinski definition) is 1. The summed E-state index contributed by atoms with van der Waals surface area (Å²) in [7, 11) is 0. The Morgan fingerprint density at radius 3 is 2.72 bits per heavy atom. The molecule has 2 unspecified atom stereocenters. The summed E-state index contributed by atoms with van der Waals surface area (Å²) in [6, 6.07) is 0.942. The molecule has 2 heteroatoms. The van der Waals surface area contributed by atoms with E-state index in [0.29, 0.717) is 0 Å². The fraction of sp³-hybridized carbons (Fsp3) is 1.00. The van der Waals surface area contributed by atoms with Crippen molar-refractivity contribution in [1.82, 2.24) is 10.2 Å². The molecular formula is C16H32N2. The Morgan fingerprint density at radius 1 is 1.11 bits per heavy atom. The predicted molar refractivity (Wildman–Crippen MR) is 78.9 cm³/mol. The van der Waals surface area contributed by atoms with Crippen LogP contribution in [0.15, 0.2) is 0 Å². The first-order valence-corrected chi connectivity index (χ1v) is 8.22. The Morgan fingerprint density at radius 2 is 1.89 bits per heavy atom. The molecule has 0 aromatic carbocycles. The van der Waals surface area contributed by atoms with Crippen LogP contribution in [-0.4, -0.2) is 37.1 Å². The molecule has 18 heavy (non-hydrogen) atoms. The zero-order valence-corrected chi connectivity index (χ0v) is 12.5. The molecule has 0 spiro atoms. The van der Waals surface area contributed by atoms with Crippen LogP contribution in [0.1, 0.15) is 58.8 Å². The topological polar surface area (TPSA) is 15.3 Å². The normalized spacial score (nSPS) is 29.5. The molecule has 0 bridgehead atoms. The zero-order valence-electron chi connectivity index (χ0n) is 12.5. The van der Waals surface area contributed by atoms with Crippen LogP contribution in [0.5, 0.6) is 0 Å². The molecule has 1 N–H and O–H groups in total. The van der Waals surface area contributed by atoms with E-state index in [1.165, 1.54) is 71.1 Å². The van der Waals surface area contributed by atoms with Crippen molar-refractivity contribution >= 4 is 0 Å².